The molecule has 0 aromatic carbocycles. The van der Waals surface area contributed by atoms with E-state index in [-0.39, 0.29) is 111 Å². The Bertz CT molecular complexity index is 677. The molecule has 0 aliphatic carbocycles. The first-order valence-electron chi connectivity index (χ1n) is 17.7. The Morgan fingerprint density at radius 1 is 0.356 bits per heavy atom. The van der Waals surface area contributed by atoms with Crippen molar-refractivity contribution in [3.05, 3.63) is 42.7 Å². The second-order valence-corrected chi connectivity index (χ2v) is 12.4. The van der Waals surface area contributed by atoms with Crippen LogP contribution in [0, 0.1) is 48.1 Å². The van der Waals surface area contributed by atoms with E-state index >= 15 is 0 Å². The third kappa shape index (κ3) is 63.6. The summed E-state index contributed by atoms with van der Waals surface area (Å²) in [7, 11) is 18.8. The van der Waals surface area contributed by atoms with Crippen molar-refractivity contribution in [2.75, 3.05) is 132 Å². The second-order valence-electron chi connectivity index (χ2n) is 12.4. The van der Waals surface area contributed by atoms with Crippen LogP contribution < -0.4 is 0 Å². The van der Waals surface area contributed by atoms with Crippen molar-refractivity contribution in [2.45, 2.75) is 56.9 Å². The summed E-state index contributed by atoms with van der Waals surface area (Å²) in [6, 6.07) is 0. The van der Waals surface area contributed by atoms with Crippen molar-refractivity contribution in [3.8, 4) is 0 Å². The Balaban J connectivity index is -0.000000125. The van der Waals surface area contributed by atoms with Gasteiger partial charge in [0.25, 0.3) is 0 Å². The van der Waals surface area contributed by atoms with Gasteiger partial charge >= 0.3 is 0 Å². The summed E-state index contributed by atoms with van der Waals surface area (Å²) in [5, 5.41) is 71.5. The molecule has 59 heavy (non-hydrogen) atoms. The summed E-state index contributed by atoms with van der Waals surface area (Å²) in [5.74, 6) is 0. The molecule has 8 N–H and O–H groups in total. The summed E-state index contributed by atoms with van der Waals surface area (Å²) in [6.45, 7) is 8.31. The summed E-state index contributed by atoms with van der Waals surface area (Å²) in [5.41, 5.74) is -0.212. The third-order valence-corrected chi connectivity index (χ3v) is 5.76. The van der Waals surface area contributed by atoms with Crippen molar-refractivity contribution in [3.63, 3.8) is 0 Å². The maximum Gasteiger partial charge on any atom is 0.0976 e. The topological polar surface area (TPSA) is 273 Å². The molecule has 0 saturated carbocycles. The predicted molar refractivity (Wildman–Crippen MR) is 201 cm³/mol. The van der Waals surface area contributed by atoms with Crippen LogP contribution in [0.4, 0.5) is 0 Å². The molecule has 0 fully saturated rings. The van der Waals surface area contributed by atoms with E-state index in [0.29, 0.717) is 32.8 Å². The monoisotopic (exact) mass is 1630 g/mol. The van der Waals surface area contributed by atoms with E-state index in [4.69, 9.17) is 48.8 Å². The molecule has 6 atom stereocenters. The van der Waals surface area contributed by atoms with Crippen molar-refractivity contribution >= 4 is 0 Å². The van der Waals surface area contributed by atoms with Gasteiger partial charge in [0.2, 0.25) is 0 Å². The van der Waals surface area contributed by atoms with Gasteiger partial charge in [0.1, 0.15) is 0 Å². The Kier molecular flexibility index (Phi) is 64.1. The summed E-state index contributed by atoms with van der Waals surface area (Å²) < 4.78 is 57.6. The molecule has 0 bridgehead atoms. The normalized spacial score (nSPS) is 13.8. The van der Waals surface area contributed by atoms with E-state index in [9.17, 15) is 20.4 Å². The van der Waals surface area contributed by atoms with E-state index < -0.39 is 36.6 Å². The molecule has 0 aromatic heterocycles. The van der Waals surface area contributed by atoms with Crippen LogP contribution >= 0.6 is 0 Å². The molecule has 0 saturated heterocycles. The molecule has 0 heterocycles. The first kappa shape index (κ1) is 69.8. The number of ether oxygens (including phenoxy) is 12. The number of rotatable bonds is 36. The number of hydrogen-bond acceptors (Lipinski definition) is 20. The molecule has 0 radical (unpaired) electrons. The number of hydrogen-bond donors (Lipinski definition) is 8. The van der Waals surface area contributed by atoms with Crippen LogP contribution in [-0.4, -0.2) is 210 Å². The smallest absolute Gasteiger partial charge is 0.0976 e. The van der Waals surface area contributed by atoms with Crippen molar-refractivity contribution < 1.29 is 97.7 Å². The maximum atomic E-state index is 9.38. The molecule has 0 rings (SSSR count). The number of aliphatic hydroxyl groups excluding tert-OH is 8. The van der Waals surface area contributed by atoms with Gasteiger partial charge in [0.05, 0.1) is 116 Å². The van der Waals surface area contributed by atoms with Gasteiger partial charge in [0.15, 0.2) is 0 Å². The van der Waals surface area contributed by atoms with Gasteiger partial charge in [-0.05, 0) is 6.42 Å². The van der Waals surface area contributed by atoms with E-state index in [1.54, 1.807) is 0 Å². The van der Waals surface area contributed by atoms with Crippen LogP contribution in [-0.2, 0) is 56.8 Å². The van der Waals surface area contributed by atoms with Gasteiger partial charge in [-0.25, -0.2) is 42.7 Å². The van der Waals surface area contributed by atoms with Crippen molar-refractivity contribution in [1.29, 1.82) is 0 Å². The van der Waals surface area contributed by atoms with E-state index in [2.05, 4.69) is 71.1 Å². The first-order valence-corrected chi connectivity index (χ1v) is 17.7. The molecule has 0 spiro atoms. The quantitative estimate of drug-likeness (QED) is 0.0261. The first-order chi connectivity index (χ1) is 26.7. The Hall–Kier alpha value is -3.80. The van der Waals surface area contributed by atoms with Gasteiger partial charge in [0, 0.05) is 58.3 Å². The molecule has 20 nitrogen and oxygen atoms in total. The zero-order valence-electron chi connectivity index (χ0n) is 35.7. The summed E-state index contributed by atoms with van der Waals surface area (Å²) >= 11 is 0. The standard InChI is InChI=1S/C13H26O6.C11H22O6.2C6H13O4.3Rf/c1-13(2,9-18-7-11(14)5-16-3)10-19-8-12(15)6-17-4;1-14-6-10(12)8-16-4-3-5-17-9-11(13)7-15-2;2*1-9-4-6(8)5-10-3-2-7;;;/h11-12,14-15H,3-10H2,1-2H3;10-13H,1-9H2;2*6-8H,1-5H2;;;/q2*-2;2*-1;;;. The predicted octanol–water partition coefficient (Wildman–Crippen LogP) is -1.54. The van der Waals surface area contributed by atoms with Crippen LogP contribution in [0.5, 0.6) is 0 Å². The Morgan fingerprint density at radius 3 is 0.763 bits per heavy atom. The van der Waals surface area contributed by atoms with Gasteiger partial charge < -0.3 is 97.7 Å². The SMILES string of the molecule is [CH2-]OCC(O)COCC(C)(C)COCC(O)CO[CH2-].[CH2-]OCC(O)COCCCOCC(O)CO[CH2-].[CH2-]OCC(O)COCCO.[CH2-]OCC(O)COCCO.[Rf].[Rf].[Rf]. The molecule has 23 heteroatoms. The van der Waals surface area contributed by atoms with Gasteiger partial charge in [-0.15, -0.1) is 0 Å². The largest absolute Gasteiger partial charge is 0.553 e. The van der Waals surface area contributed by atoms with E-state index in [1.165, 1.54) is 0 Å². The zero-order chi connectivity index (χ0) is 43.3. The fourth-order valence-electron chi connectivity index (χ4n) is 3.36. The minimum Gasteiger partial charge on any atom is -0.553 e. The average Bonchev–Trinajstić information content (AvgIpc) is 3.13. The van der Waals surface area contributed by atoms with Crippen LogP contribution in [0.2, 0.25) is 0 Å². The minimum absolute atomic E-state index is 0. The van der Waals surface area contributed by atoms with Gasteiger partial charge in [-0.1, -0.05) is 13.8 Å². The molecular weight excluding hydrogens is 1550 g/mol. The minimum atomic E-state index is -0.676. The summed E-state index contributed by atoms with van der Waals surface area (Å²) in [6.07, 6.45) is -3.26. The molecule has 350 valence electrons. The van der Waals surface area contributed by atoms with Crippen LogP contribution in [0.15, 0.2) is 0 Å². The fourth-order valence-corrected chi connectivity index (χ4v) is 3.36. The number of aliphatic hydroxyl groups is 8. The van der Waals surface area contributed by atoms with Crippen LogP contribution in [0.25, 0.3) is 0 Å². The molecule has 0 aromatic rings. The van der Waals surface area contributed by atoms with E-state index in [0.717, 1.165) is 0 Å². The second kappa shape index (κ2) is 54.2. The molecule has 0 aliphatic rings. The van der Waals surface area contributed by atoms with Crippen LogP contribution in [0.3, 0.4) is 0 Å². The summed E-state index contributed by atoms with van der Waals surface area (Å²) in [4.78, 5) is 0. The van der Waals surface area contributed by atoms with Crippen molar-refractivity contribution in [2.24, 2.45) is 5.41 Å². The van der Waals surface area contributed by atoms with Crippen LogP contribution in [0.1, 0.15) is 20.3 Å². The Labute approximate surface area is 334 Å². The maximum absolute atomic E-state index is 9.38. The molecule has 0 amide bonds. The van der Waals surface area contributed by atoms with E-state index in [1.807, 2.05) is 13.8 Å². The average molecular weight is 1630 g/mol. The molecule has 0 aliphatic heterocycles. The Morgan fingerprint density at radius 2 is 0.559 bits per heavy atom. The fraction of sp³-hybridized carbons (Fsp3) is 0.833. The molecule has 6 unspecified atom stereocenters. The van der Waals surface area contributed by atoms with Gasteiger partial charge in [-0.3, -0.25) is 0 Å². The molecular formula is C36H74O20Rf3-6. The van der Waals surface area contributed by atoms with Crippen molar-refractivity contribution in [1.82, 2.24) is 0 Å². The zero-order valence-corrected chi connectivity index (χ0v) is 54.9. The third-order valence-electron chi connectivity index (χ3n) is 5.76. The van der Waals surface area contributed by atoms with Gasteiger partial charge in [-0.2, -0.15) is 0 Å².